The Morgan fingerprint density at radius 1 is 1.38 bits per heavy atom. The van der Waals surface area contributed by atoms with Crippen LogP contribution in [0.25, 0.3) is 0 Å². The van der Waals surface area contributed by atoms with E-state index >= 15 is 0 Å². The monoisotopic (exact) mass is 181 g/mol. The van der Waals surface area contributed by atoms with E-state index in [1.807, 2.05) is 0 Å². The van der Waals surface area contributed by atoms with Gasteiger partial charge in [-0.05, 0) is 12.8 Å². The maximum absolute atomic E-state index is 10.6. The summed E-state index contributed by atoms with van der Waals surface area (Å²) < 4.78 is 0. The Kier molecular flexibility index (Phi) is 8.06. The molecule has 3 nitrogen and oxygen atoms in total. The normalized spacial score (nSPS) is 9.92. The molecule has 1 amide bonds. The zero-order valence-corrected chi connectivity index (χ0v) is 7.95. The van der Waals surface area contributed by atoms with Crippen LogP contribution in [0, 0.1) is 0 Å². The molecule has 0 aromatic carbocycles. The zero-order valence-electron chi connectivity index (χ0n) is 7.95. The Bertz CT molecular complexity index is 215. The number of nitrogens with zero attached hydrogens (tertiary/aromatic N) is 1. The molecule has 0 aromatic heterocycles. The lowest BCUT2D eigenvalue weighted by Gasteiger charge is -1.92. The van der Waals surface area contributed by atoms with Gasteiger partial charge in [0, 0.05) is 6.08 Å². The van der Waals surface area contributed by atoms with Gasteiger partial charge in [-0.2, -0.15) is 0 Å². The van der Waals surface area contributed by atoms with E-state index in [4.69, 9.17) is 0 Å². The van der Waals surface area contributed by atoms with Gasteiger partial charge in [0.2, 0.25) is 6.08 Å². The Morgan fingerprint density at radius 3 is 2.77 bits per heavy atom. The van der Waals surface area contributed by atoms with E-state index in [1.54, 1.807) is 6.08 Å². The Balaban J connectivity index is 3.41. The molecule has 72 valence electrons. The number of carbonyl (C=O) groups excluding carboxylic acids is 2. The third-order valence-corrected chi connectivity index (χ3v) is 1.64. The van der Waals surface area contributed by atoms with Crippen molar-refractivity contribution in [2.24, 2.45) is 4.99 Å². The molecule has 0 heterocycles. The first kappa shape index (κ1) is 11.8. The Hall–Kier alpha value is -1.21. The molecule has 0 spiro atoms. The summed E-state index contributed by atoms with van der Waals surface area (Å²) in [6.07, 6.45) is 9.85. The summed E-state index contributed by atoms with van der Waals surface area (Å²) in [7, 11) is 0. The molecule has 0 saturated carbocycles. The number of unbranched alkanes of at least 4 members (excludes halogenated alkanes) is 4. The van der Waals surface area contributed by atoms with Crippen molar-refractivity contribution < 1.29 is 9.59 Å². The van der Waals surface area contributed by atoms with Crippen molar-refractivity contribution in [2.75, 3.05) is 0 Å². The second-order valence-electron chi connectivity index (χ2n) is 2.79. The molecule has 0 aliphatic heterocycles. The van der Waals surface area contributed by atoms with Gasteiger partial charge in [0.15, 0.2) is 0 Å². The molecule has 0 saturated heterocycles. The second-order valence-corrected chi connectivity index (χ2v) is 2.79. The molecule has 0 aliphatic rings. The van der Waals surface area contributed by atoms with E-state index < -0.39 is 5.91 Å². The molecule has 0 N–H and O–H groups in total. The van der Waals surface area contributed by atoms with Gasteiger partial charge < -0.3 is 0 Å². The summed E-state index contributed by atoms with van der Waals surface area (Å²) in [5.41, 5.74) is 0. The summed E-state index contributed by atoms with van der Waals surface area (Å²) in [5, 5.41) is 0. The standard InChI is InChI=1S/C10H15NO2/c1-2-3-4-5-6-7-8-10(13)11-9-12/h7-8H,2-6H2,1H3. The number of amides is 1. The highest BCUT2D eigenvalue weighted by atomic mass is 16.2. The minimum Gasteiger partial charge on any atom is -0.267 e. The molecule has 0 bridgehead atoms. The van der Waals surface area contributed by atoms with Crippen molar-refractivity contribution >= 4 is 12.0 Å². The van der Waals surface area contributed by atoms with Crippen molar-refractivity contribution in [3.63, 3.8) is 0 Å². The summed E-state index contributed by atoms with van der Waals surface area (Å²) in [5.74, 6) is -0.523. The Labute approximate surface area is 78.6 Å². The van der Waals surface area contributed by atoms with Gasteiger partial charge in [0.05, 0.1) is 0 Å². The van der Waals surface area contributed by atoms with Crippen LogP contribution in [0.1, 0.15) is 39.0 Å². The second kappa shape index (κ2) is 8.88. The highest BCUT2D eigenvalue weighted by molar-refractivity contribution is 5.91. The van der Waals surface area contributed by atoms with Gasteiger partial charge in [-0.15, -0.1) is 4.99 Å². The number of hydrogen-bond donors (Lipinski definition) is 0. The number of aliphatic imine (C=N–C) groups is 1. The fourth-order valence-corrected chi connectivity index (χ4v) is 0.955. The lowest BCUT2D eigenvalue weighted by Crippen LogP contribution is -1.84. The van der Waals surface area contributed by atoms with E-state index in [1.165, 1.54) is 31.4 Å². The largest absolute Gasteiger partial charge is 0.280 e. The van der Waals surface area contributed by atoms with E-state index in [2.05, 4.69) is 11.9 Å². The molecular weight excluding hydrogens is 166 g/mol. The van der Waals surface area contributed by atoms with Crippen LogP contribution in [0.4, 0.5) is 0 Å². The van der Waals surface area contributed by atoms with Crippen LogP contribution in [0.3, 0.4) is 0 Å². The van der Waals surface area contributed by atoms with Crippen LogP contribution in [0.15, 0.2) is 17.1 Å². The summed E-state index contributed by atoms with van der Waals surface area (Å²) in [4.78, 5) is 23.2. The van der Waals surface area contributed by atoms with E-state index in [0.717, 1.165) is 12.8 Å². The van der Waals surface area contributed by atoms with E-state index in [0.29, 0.717) is 0 Å². The fourth-order valence-electron chi connectivity index (χ4n) is 0.955. The molecule has 13 heavy (non-hydrogen) atoms. The lowest BCUT2D eigenvalue weighted by molar-refractivity contribution is -0.113. The van der Waals surface area contributed by atoms with Crippen LogP contribution in [0.2, 0.25) is 0 Å². The molecule has 0 radical (unpaired) electrons. The van der Waals surface area contributed by atoms with Crippen molar-refractivity contribution in [1.82, 2.24) is 0 Å². The van der Waals surface area contributed by atoms with Crippen LogP contribution in [-0.2, 0) is 9.59 Å². The van der Waals surface area contributed by atoms with Crippen molar-refractivity contribution in [3.05, 3.63) is 12.2 Å². The highest BCUT2D eigenvalue weighted by Gasteiger charge is 1.89. The molecule has 3 heteroatoms. The summed E-state index contributed by atoms with van der Waals surface area (Å²) in [6.45, 7) is 2.15. The zero-order chi connectivity index (χ0) is 9.94. The number of hydrogen-bond acceptors (Lipinski definition) is 2. The predicted octanol–water partition coefficient (Wildman–Crippen LogP) is 2.38. The highest BCUT2D eigenvalue weighted by Crippen LogP contribution is 2.02. The van der Waals surface area contributed by atoms with E-state index in [-0.39, 0.29) is 0 Å². The average Bonchev–Trinajstić information content (AvgIpc) is 2.11. The topological polar surface area (TPSA) is 46.5 Å². The SMILES string of the molecule is CCCCCCC=CC(=O)N=C=O. The third kappa shape index (κ3) is 8.70. The molecule has 0 atom stereocenters. The number of isocyanates is 1. The van der Waals surface area contributed by atoms with Crippen molar-refractivity contribution in [3.8, 4) is 0 Å². The maximum atomic E-state index is 10.6. The first-order valence-electron chi connectivity index (χ1n) is 4.59. The van der Waals surface area contributed by atoms with Crippen LogP contribution in [0.5, 0.6) is 0 Å². The molecule has 0 unspecified atom stereocenters. The Morgan fingerprint density at radius 2 is 2.15 bits per heavy atom. The van der Waals surface area contributed by atoms with Gasteiger partial charge >= 0.3 is 0 Å². The minimum absolute atomic E-state index is 0.523. The van der Waals surface area contributed by atoms with Crippen LogP contribution in [-0.4, -0.2) is 12.0 Å². The van der Waals surface area contributed by atoms with E-state index in [9.17, 15) is 9.59 Å². The average molecular weight is 181 g/mol. The lowest BCUT2D eigenvalue weighted by atomic mass is 10.1. The van der Waals surface area contributed by atoms with Crippen LogP contribution >= 0.6 is 0 Å². The fraction of sp³-hybridized carbons (Fsp3) is 0.600. The molecular formula is C10H15NO2. The quantitative estimate of drug-likeness (QED) is 0.273. The molecule has 0 fully saturated rings. The van der Waals surface area contributed by atoms with Crippen LogP contribution < -0.4 is 0 Å². The van der Waals surface area contributed by atoms with Gasteiger partial charge in [-0.1, -0.05) is 32.3 Å². The van der Waals surface area contributed by atoms with Gasteiger partial charge in [-0.3, -0.25) is 4.79 Å². The van der Waals surface area contributed by atoms with Gasteiger partial charge in [-0.25, -0.2) is 4.79 Å². The molecule has 0 aromatic rings. The van der Waals surface area contributed by atoms with Crippen molar-refractivity contribution in [2.45, 2.75) is 39.0 Å². The smallest absolute Gasteiger partial charge is 0.267 e. The summed E-state index contributed by atoms with van der Waals surface area (Å²) in [6, 6.07) is 0. The number of allylic oxidation sites excluding steroid dienone is 1. The van der Waals surface area contributed by atoms with Gasteiger partial charge in [0.1, 0.15) is 0 Å². The number of carbonyl (C=O) groups is 1. The predicted molar refractivity (Wildman–Crippen MR) is 51.0 cm³/mol. The maximum Gasteiger partial charge on any atom is 0.280 e. The first-order valence-corrected chi connectivity index (χ1v) is 4.59. The summed E-state index contributed by atoms with van der Waals surface area (Å²) >= 11 is 0. The van der Waals surface area contributed by atoms with Crippen molar-refractivity contribution in [1.29, 1.82) is 0 Å². The number of rotatable bonds is 6. The first-order chi connectivity index (χ1) is 6.31. The minimum atomic E-state index is -0.523. The molecule has 0 aliphatic carbocycles. The van der Waals surface area contributed by atoms with Gasteiger partial charge in [0.25, 0.3) is 5.91 Å². The molecule has 0 rings (SSSR count). The third-order valence-electron chi connectivity index (χ3n) is 1.64.